The normalized spacial score (nSPS) is 13.8. The summed E-state index contributed by atoms with van der Waals surface area (Å²) < 4.78 is 0. The van der Waals surface area contributed by atoms with Crippen molar-refractivity contribution >= 4 is 27.8 Å². The second-order valence-corrected chi connectivity index (χ2v) is 17.6. The van der Waals surface area contributed by atoms with Crippen LogP contribution in [0.3, 0.4) is 0 Å². The maximum atomic E-state index is 2.52. The van der Waals surface area contributed by atoms with Crippen molar-refractivity contribution in [2.45, 2.75) is 24.7 Å². The van der Waals surface area contributed by atoms with Gasteiger partial charge in [0.2, 0.25) is 0 Å². The predicted octanol–water partition coefficient (Wildman–Crippen LogP) is 16.3. The summed E-state index contributed by atoms with van der Waals surface area (Å²) in [4.78, 5) is 2.52. The zero-order valence-electron chi connectivity index (χ0n) is 35.5. The van der Waals surface area contributed by atoms with Crippen molar-refractivity contribution in [1.82, 2.24) is 0 Å². The Morgan fingerprint density at radius 1 is 0.317 bits per heavy atom. The van der Waals surface area contributed by atoms with E-state index in [2.05, 4.69) is 255 Å². The van der Waals surface area contributed by atoms with Crippen molar-refractivity contribution < 1.29 is 0 Å². The first-order valence-corrected chi connectivity index (χ1v) is 22.1. The lowest BCUT2D eigenvalue weighted by atomic mass is 9.66. The molecule has 0 N–H and O–H groups in total. The van der Waals surface area contributed by atoms with E-state index < -0.39 is 5.41 Å². The highest BCUT2D eigenvalue weighted by Crippen LogP contribution is 2.61. The van der Waals surface area contributed by atoms with Crippen LogP contribution in [0.15, 0.2) is 237 Å². The zero-order chi connectivity index (χ0) is 42.1. The van der Waals surface area contributed by atoms with Crippen LogP contribution < -0.4 is 4.90 Å². The summed E-state index contributed by atoms with van der Waals surface area (Å²) in [5.41, 5.74) is 20.5. The highest BCUT2D eigenvalue weighted by Gasteiger charge is 2.48. The van der Waals surface area contributed by atoms with Gasteiger partial charge in [-0.3, -0.25) is 0 Å². The van der Waals surface area contributed by atoms with Gasteiger partial charge < -0.3 is 4.90 Å². The summed E-state index contributed by atoms with van der Waals surface area (Å²) in [5.74, 6) is 0. The first kappa shape index (κ1) is 37.1. The minimum absolute atomic E-state index is 0.150. The minimum atomic E-state index is -0.563. The molecule has 0 spiro atoms. The second kappa shape index (κ2) is 14.4. The summed E-state index contributed by atoms with van der Waals surface area (Å²) in [5, 5.41) is 2.45. The van der Waals surface area contributed by atoms with Gasteiger partial charge in [0.15, 0.2) is 0 Å². The van der Waals surface area contributed by atoms with Crippen molar-refractivity contribution in [2.75, 3.05) is 4.90 Å². The molecule has 0 heterocycles. The highest BCUT2D eigenvalue weighted by molar-refractivity contribution is 6.09. The molecule has 0 saturated carbocycles. The standard InChI is InChI=1S/C62H45N/c1-61(2)56-30-18-17-27-50(56)51-37-36-49(40-58(51)61)63(48-34-31-44(32-35-48)42-19-7-3-8-20-42)59-41-55-54-39-45(43-21-9-4-10-22-43)33-38-57(54)62(46-23-11-5-12-24-46,47-25-13-6-14-26-47)60(55)53-29-16-15-28-52(53)59/h3-41H,1-2H3. The topological polar surface area (TPSA) is 3.24 Å². The molecule has 0 amide bonds. The van der Waals surface area contributed by atoms with Gasteiger partial charge in [-0.05, 0) is 120 Å². The maximum Gasteiger partial charge on any atom is 0.0719 e. The summed E-state index contributed by atoms with van der Waals surface area (Å²) in [6, 6.07) is 87.9. The molecule has 0 unspecified atom stereocenters. The first-order chi connectivity index (χ1) is 31.0. The van der Waals surface area contributed by atoms with E-state index in [0.717, 1.165) is 17.1 Å². The van der Waals surface area contributed by atoms with Gasteiger partial charge in [0, 0.05) is 22.2 Å². The highest BCUT2D eigenvalue weighted by atomic mass is 15.1. The van der Waals surface area contributed by atoms with Gasteiger partial charge in [-0.25, -0.2) is 0 Å². The van der Waals surface area contributed by atoms with Crippen LogP contribution in [0.5, 0.6) is 0 Å². The monoisotopic (exact) mass is 803 g/mol. The van der Waals surface area contributed by atoms with E-state index >= 15 is 0 Å². The van der Waals surface area contributed by atoms with Crippen LogP contribution in [0.4, 0.5) is 17.1 Å². The van der Waals surface area contributed by atoms with Crippen LogP contribution in [-0.2, 0) is 10.8 Å². The molecule has 10 aromatic rings. The number of hydrogen-bond donors (Lipinski definition) is 0. The third-order valence-corrected chi connectivity index (χ3v) is 13.9. The molecule has 10 aromatic carbocycles. The summed E-state index contributed by atoms with van der Waals surface area (Å²) in [6.45, 7) is 4.75. The number of anilines is 3. The number of nitrogens with zero attached hydrogens (tertiary/aromatic N) is 1. The van der Waals surface area contributed by atoms with E-state index in [9.17, 15) is 0 Å². The average molecular weight is 804 g/mol. The first-order valence-electron chi connectivity index (χ1n) is 22.1. The summed E-state index contributed by atoms with van der Waals surface area (Å²) in [7, 11) is 0. The molecule has 63 heavy (non-hydrogen) atoms. The Kier molecular flexibility index (Phi) is 8.49. The van der Waals surface area contributed by atoms with Crippen LogP contribution in [0, 0.1) is 0 Å². The number of hydrogen-bond acceptors (Lipinski definition) is 1. The van der Waals surface area contributed by atoms with Crippen molar-refractivity contribution in [3.8, 4) is 44.5 Å². The molecule has 0 fully saturated rings. The van der Waals surface area contributed by atoms with Crippen LogP contribution in [0.1, 0.15) is 47.2 Å². The van der Waals surface area contributed by atoms with E-state index in [1.807, 2.05) is 0 Å². The molecule has 12 rings (SSSR count). The van der Waals surface area contributed by atoms with E-state index in [0.29, 0.717) is 0 Å². The lowest BCUT2D eigenvalue weighted by molar-refractivity contribution is 0.660. The zero-order valence-corrected chi connectivity index (χ0v) is 35.5. The second-order valence-electron chi connectivity index (χ2n) is 17.6. The number of rotatable bonds is 7. The van der Waals surface area contributed by atoms with Crippen LogP contribution >= 0.6 is 0 Å². The van der Waals surface area contributed by atoms with Gasteiger partial charge in [-0.15, -0.1) is 0 Å². The molecular formula is C62H45N. The molecule has 0 bridgehead atoms. The predicted molar refractivity (Wildman–Crippen MR) is 264 cm³/mol. The van der Waals surface area contributed by atoms with Crippen molar-refractivity contribution in [1.29, 1.82) is 0 Å². The molecule has 0 saturated heterocycles. The summed E-state index contributed by atoms with van der Waals surface area (Å²) in [6.07, 6.45) is 0. The third-order valence-electron chi connectivity index (χ3n) is 13.9. The van der Waals surface area contributed by atoms with E-state index in [4.69, 9.17) is 0 Å². The largest absolute Gasteiger partial charge is 0.310 e. The molecule has 0 aromatic heterocycles. The third kappa shape index (κ3) is 5.63. The van der Waals surface area contributed by atoms with Gasteiger partial charge in [-0.2, -0.15) is 0 Å². The molecule has 298 valence electrons. The average Bonchev–Trinajstić information content (AvgIpc) is 3.78. The van der Waals surface area contributed by atoms with Crippen LogP contribution in [-0.4, -0.2) is 0 Å². The Morgan fingerprint density at radius 2 is 0.825 bits per heavy atom. The molecular weight excluding hydrogens is 759 g/mol. The molecule has 1 heteroatoms. The lowest BCUT2D eigenvalue weighted by Crippen LogP contribution is -2.29. The molecule has 0 radical (unpaired) electrons. The molecule has 1 nitrogen and oxygen atoms in total. The molecule has 0 atom stereocenters. The fraction of sp³-hybridized carbons (Fsp3) is 0.0645. The van der Waals surface area contributed by atoms with E-state index in [1.165, 1.54) is 88.7 Å². The molecule has 2 aliphatic carbocycles. The smallest absolute Gasteiger partial charge is 0.0719 e. The number of fused-ring (bicyclic) bond motifs is 8. The quantitative estimate of drug-likeness (QED) is 0.155. The summed E-state index contributed by atoms with van der Waals surface area (Å²) >= 11 is 0. The Balaban J connectivity index is 1.17. The Labute approximate surface area is 370 Å². The lowest BCUT2D eigenvalue weighted by Gasteiger charge is -2.35. The molecule has 2 aliphatic rings. The van der Waals surface area contributed by atoms with Crippen molar-refractivity contribution in [2.24, 2.45) is 0 Å². The van der Waals surface area contributed by atoms with Gasteiger partial charge in [-0.1, -0.05) is 214 Å². The van der Waals surface area contributed by atoms with Gasteiger partial charge in [0.1, 0.15) is 0 Å². The van der Waals surface area contributed by atoms with Crippen molar-refractivity contribution in [3.63, 3.8) is 0 Å². The van der Waals surface area contributed by atoms with Crippen LogP contribution in [0.25, 0.3) is 55.3 Å². The Hall–Kier alpha value is -7.74. The Morgan fingerprint density at radius 3 is 1.49 bits per heavy atom. The van der Waals surface area contributed by atoms with Gasteiger partial charge in [0.05, 0.1) is 11.1 Å². The minimum Gasteiger partial charge on any atom is -0.310 e. The Bertz CT molecular complexity index is 3290. The van der Waals surface area contributed by atoms with E-state index in [1.54, 1.807) is 0 Å². The fourth-order valence-electron chi connectivity index (χ4n) is 11.0. The van der Waals surface area contributed by atoms with Crippen molar-refractivity contribution in [3.05, 3.63) is 270 Å². The molecule has 0 aliphatic heterocycles. The van der Waals surface area contributed by atoms with Gasteiger partial charge >= 0.3 is 0 Å². The SMILES string of the molecule is CC1(C)c2ccccc2-c2ccc(N(c3ccc(-c4ccccc4)cc3)c3cc4c(c5ccccc35)C(c3ccccc3)(c3ccccc3)c3ccc(-c5ccccc5)cc3-4)cc21. The van der Waals surface area contributed by atoms with Gasteiger partial charge in [0.25, 0.3) is 0 Å². The van der Waals surface area contributed by atoms with E-state index in [-0.39, 0.29) is 5.41 Å². The van der Waals surface area contributed by atoms with Crippen LogP contribution in [0.2, 0.25) is 0 Å². The maximum absolute atomic E-state index is 2.52. The number of benzene rings is 10. The fourth-order valence-corrected chi connectivity index (χ4v) is 11.0.